The van der Waals surface area contributed by atoms with Gasteiger partial charge in [0, 0.05) is 19.1 Å². The molecule has 0 bridgehead atoms. The van der Waals surface area contributed by atoms with Crippen molar-refractivity contribution in [2.45, 2.75) is 52.4 Å². The van der Waals surface area contributed by atoms with E-state index >= 15 is 0 Å². The first-order valence-electron chi connectivity index (χ1n) is 6.07. The van der Waals surface area contributed by atoms with Crippen LogP contribution >= 0.6 is 0 Å². The summed E-state index contributed by atoms with van der Waals surface area (Å²) < 4.78 is 11.2. The van der Waals surface area contributed by atoms with Crippen molar-refractivity contribution in [2.24, 2.45) is 0 Å². The van der Waals surface area contributed by atoms with Crippen LogP contribution in [0.4, 0.5) is 0 Å². The Hall–Kier alpha value is -0.120. The summed E-state index contributed by atoms with van der Waals surface area (Å²) in [5, 5.41) is 0. The molecule has 1 heterocycles. The van der Waals surface area contributed by atoms with Crippen LogP contribution in [0.1, 0.15) is 34.1 Å². The molecule has 1 rings (SSSR count). The van der Waals surface area contributed by atoms with E-state index in [0.29, 0.717) is 18.2 Å². The van der Waals surface area contributed by atoms with Crippen LogP contribution in [0.3, 0.4) is 0 Å². The topological polar surface area (TPSA) is 21.7 Å². The highest BCUT2D eigenvalue weighted by Gasteiger charge is 2.24. The summed E-state index contributed by atoms with van der Waals surface area (Å²) in [6.07, 6.45) is 1.90. The zero-order valence-electron chi connectivity index (χ0n) is 10.5. The van der Waals surface area contributed by atoms with E-state index < -0.39 is 0 Å². The van der Waals surface area contributed by atoms with E-state index in [1.165, 1.54) is 13.0 Å². The molecule has 0 N–H and O–H groups in total. The van der Waals surface area contributed by atoms with Crippen LogP contribution < -0.4 is 0 Å². The lowest BCUT2D eigenvalue weighted by Gasteiger charge is -2.20. The minimum Gasteiger partial charge on any atom is -0.376 e. The van der Waals surface area contributed by atoms with Crippen LogP contribution in [0.2, 0.25) is 0 Å². The molecule has 3 nitrogen and oxygen atoms in total. The maximum atomic E-state index is 5.77. The van der Waals surface area contributed by atoms with Gasteiger partial charge in [0.2, 0.25) is 0 Å². The summed E-state index contributed by atoms with van der Waals surface area (Å²) in [6, 6.07) is 0.644. The Morgan fingerprint density at radius 1 is 1.20 bits per heavy atom. The highest BCUT2D eigenvalue weighted by molar-refractivity contribution is 4.78. The van der Waals surface area contributed by atoms with Gasteiger partial charge in [-0.15, -0.1) is 0 Å². The molecule has 1 atom stereocenters. The molecule has 0 unspecified atom stereocenters. The summed E-state index contributed by atoms with van der Waals surface area (Å²) >= 11 is 0. The highest BCUT2D eigenvalue weighted by Crippen LogP contribution is 2.14. The van der Waals surface area contributed by atoms with Crippen molar-refractivity contribution in [3.8, 4) is 0 Å². The maximum absolute atomic E-state index is 5.77. The molecule has 90 valence electrons. The Morgan fingerprint density at radius 3 is 2.47 bits per heavy atom. The molecule has 0 radical (unpaired) electrons. The predicted octanol–water partition coefficient (Wildman–Crippen LogP) is 1.91. The lowest BCUT2D eigenvalue weighted by atomic mass is 10.3. The average Bonchev–Trinajstić information content (AvgIpc) is 2.60. The molecule has 0 aliphatic carbocycles. The Bertz CT molecular complexity index is 171. The maximum Gasteiger partial charge on any atom is 0.0715 e. The third-order valence-corrected chi connectivity index (χ3v) is 2.79. The van der Waals surface area contributed by atoms with Gasteiger partial charge < -0.3 is 9.47 Å². The zero-order chi connectivity index (χ0) is 11.3. The van der Waals surface area contributed by atoms with Crippen LogP contribution in [-0.2, 0) is 9.47 Å². The molecule has 0 saturated carbocycles. The number of hydrogen-bond donors (Lipinski definition) is 0. The minimum absolute atomic E-state index is 0.310. The molecule has 0 aromatic heterocycles. The molecular weight excluding hydrogens is 190 g/mol. The number of rotatable bonds is 6. The Labute approximate surface area is 93.7 Å². The van der Waals surface area contributed by atoms with Gasteiger partial charge in [0.05, 0.1) is 25.4 Å². The first-order valence-corrected chi connectivity index (χ1v) is 6.07. The molecular formula is C12H25NO2. The average molecular weight is 215 g/mol. The molecule has 0 aromatic rings. The van der Waals surface area contributed by atoms with Gasteiger partial charge in [-0.25, -0.2) is 0 Å². The van der Waals surface area contributed by atoms with Gasteiger partial charge in [-0.1, -0.05) is 0 Å². The second-order valence-corrected chi connectivity index (χ2v) is 4.79. The molecule has 1 aliphatic rings. The molecule has 1 aliphatic heterocycles. The standard InChI is InChI=1S/C12H25NO2/c1-10(2)13-6-5-12(9-13)15-8-7-14-11(3)4/h10-12H,5-9H2,1-4H3/t12-/m0/s1. The van der Waals surface area contributed by atoms with E-state index in [2.05, 4.69) is 32.6 Å². The van der Waals surface area contributed by atoms with Gasteiger partial charge in [-0.3, -0.25) is 4.90 Å². The molecule has 0 amide bonds. The fraction of sp³-hybridized carbons (Fsp3) is 1.00. The second-order valence-electron chi connectivity index (χ2n) is 4.79. The van der Waals surface area contributed by atoms with E-state index in [4.69, 9.17) is 9.47 Å². The van der Waals surface area contributed by atoms with Crippen molar-refractivity contribution in [3.63, 3.8) is 0 Å². The van der Waals surface area contributed by atoms with Gasteiger partial charge in [-0.2, -0.15) is 0 Å². The highest BCUT2D eigenvalue weighted by atomic mass is 16.5. The second kappa shape index (κ2) is 6.46. The van der Waals surface area contributed by atoms with Gasteiger partial charge in [-0.05, 0) is 34.1 Å². The summed E-state index contributed by atoms with van der Waals surface area (Å²) in [6.45, 7) is 12.3. The largest absolute Gasteiger partial charge is 0.376 e. The van der Waals surface area contributed by atoms with Gasteiger partial charge >= 0.3 is 0 Å². The molecule has 0 aromatic carbocycles. The molecule has 0 spiro atoms. The van der Waals surface area contributed by atoms with Crippen molar-refractivity contribution >= 4 is 0 Å². The summed E-state index contributed by atoms with van der Waals surface area (Å²) in [5.41, 5.74) is 0. The van der Waals surface area contributed by atoms with Crippen LogP contribution in [-0.4, -0.2) is 49.5 Å². The monoisotopic (exact) mass is 215 g/mol. The number of hydrogen-bond acceptors (Lipinski definition) is 3. The summed E-state index contributed by atoms with van der Waals surface area (Å²) in [5.74, 6) is 0. The third-order valence-electron chi connectivity index (χ3n) is 2.79. The van der Waals surface area contributed by atoms with Crippen molar-refractivity contribution in [3.05, 3.63) is 0 Å². The fourth-order valence-corrected chi connectivity index (χ4v) is 1.86. The first-order chi connectivity index (χ1) is 7.09. The van der Waals surface area contributed by atoms with Crippen LogP contribution in [0.5, 0.6) is 0 Å². The van der Waals surface area contributed by atoms with E-state index in [0.717, 1.165) is 19.8 Å². The fourth-order valence-electron chi connectivity index (χ4n) is 1.86. The minimum atomic E-state index is 0.310. The lowest BCUT2D eigenvalue weighted by Crippen LogP contribution is -2.30. The Balaban J connectivity index is 2.04. The first kappa shape index (κ1) is 12.9. The van der Waals surface area contributed by atoms with Gasteiger partial charge in [0.1, 0.15) is 0 Å². The van der Waals surface area contributed by atoms with Gasteiger partial charge in [0.15, 0.2) is 0 Å². The summed E-state index contributed by atoms with van der Waals surface area (Å²) in [7, 11) is 0. The van der Waals surface area contributed by atoms with Crippen molar-refractivity contribution < 1.29 is 9.47 Å². The molecule has 1 fully saturated rings. The predicted molar refractivity (Wildman–Crippen MR) is 62.2 cm³/mol. The van der Waals surface area contributed by atoms with Crippen molar-refractivity contribution in [1.29, 1.82) is 0 Å². The molecule has 15 heavy (non-hydrogen) atoms. The summed E-state index contributed by atoms with van der Waals surface area (Å²) in [4.78, 5) is 2.47. The Morgan fingerprint density at radius 2 is 1.93 bits per heavy atom. The number of ether oxygens (including phenoxy) is 2. The van der Waals surface area contributed by atoms with E-state index in [1.54, 1.807) is 0 Å². The van der Waals surface area contributed by atoms with Crippen LogP contribution in [0, 0.1) is 0 Å². The van der Waals surface area contributed by atoms with Crippen molar-refractivity contribution in [1.82, 2.24) is 4.90 Å². The number of likely N-dealkylation sites (tertiary alicyclic amines) is 1. The zero-order valence-corrected chi connectivity index (χ0v) is 10.5. The van der Waals surface area contributed by atoms with E-state index in [9.17, 15) is 0 Å². The van der Waals surface area contributed by atoms with Crippen LogP contribution in [0.15, 0.2) is 0 Å². The van der Waals surface area contributed by atoms with Gasteiger partial charge in [0.25, 0.3) is 0 Å². The number of nitrogens with zero attached hydrogens (tertiary/aromatic N) is 1. The molecule has 1 saturated heterocycles. The molecule has 3 heteroatoms. The quantitative estimate of drug-likeness (QED) is 0.632. The SMILES string of the molecule is CC(C)OCCO[C@H]1CCN(C(C)C)C1. The Kier molecular flexibility index (Phi) is 5.58. The van der Waals surface area contributed by atoms with E-state index in [1.807, 2.05) is 0 Å². The van der Waals surface area contributed by atoms with Crippen LogP contribution in [0.25, 0.3) is 0 Å². The van der Waals surface area contributed by atoms with E-state index in [-0.39, 0.29) is 0 Å². The lowest BCUT2D eigenvalue weighted by molar-refractivity contribution is -0.00966. The smallest absolute Gasteiger partial charge is 0.0715 e. The third kappa shape index (κ3) is 4.96. The normalized spacial score (nSPS) is 23.2. The van der Waals surface area contributed by atoms with Crippen molar-refractivity contribution in [2.75, 3.05) is 26.3 Å².